The first-order valence-electron chi connectivity index (χ1n) is 5.52. The largest absolute Gasteiger partial charge is 0.122 e. The fraction of sp³-hybridized carbons (Fsp3) is 0.538. The van der Waals surface area contributed by atoms with Crippen LogP contribution in [0.15, 0.2) is 24.3 Å². The van der Waals surface area contributed by atoms with Crippen molar-refractivity contribution < 1.29 is 0 Å². The highest BCUT2D eigenvalue weighted by molar-refractivity contribution is 6.31. The van der Waals surface area contributed by atoms with Gasteiger partial charge < -0.3 is 0 Å². The van der Waals surface area contributed by atoms with Crippen LogP contribution in [0.5, 0.6) is 0 Å². The lowest BCUT2D eigenvalue weighted by molar-refractivity contribution is 0.494. The third-order valence-corrected chi connectivity index (χ3v) is 3.69. The molecule has 0 radical (unpaired) electrons. The van der Waals surface area contributed by atoms with Gasteiger partial charge in [-0.25, -0.2) is 0 Å². The van der Waals surface area contributed by atoms with E-state index in [-0.39, 0.29) is 5.38 Å². The second-order valence-electron chi connectivity index (χ2n) is 4.08. The van der Waals surface area contributed by atoms with E-state index in [1.807, 2.05) is 18.2 Å². The summed E-state index contributed by atoms with van der Waals surface area (Å²) in [5, 5.41) is 1.01. The van der Waals surface area contributed by atoms with Gasteiger partial charge in [-0.05, 0) is 30.4 Å². The average molecular weight is 245 g/mol. The Kier molecular flexibility index (Phi) is 5.49. The lowest BCUT2D eigenvalue weighted by atomic mass is 9.96. The Morgan fingerprint density at radius 2 is 1.93 bits per heavy atom. The molecule has 0 spiro atoms. The number of alkyl halides is 1. The summed E-state index contributed by atoms with van der Waals surface area (Å²) >= 11 is 12.4. The Bertz CT molecular complexity index is 296. The number of hydrogen-bond donors (Lipinski definition) is 0. The van der Waals surface area contributed by atoms with Gasteiger partial charge in [0.2, 0.25) is 0 Å². The highest BCUT2D eigenvalue weighted by atomic mass is 35.5. The van der Waals surface area contributed by atoms with Crippen LogP contribution < -0.4 is 0 Å². The van der Waals surface area contributed by atoms with Crippen molar-refractivity contribution in [3.8, 4) is 0 Å². The summed E-state index contributed by atoms with van der Waals surface area (Å²) in [4.78, 5) is 0. The van der Waals surface area contributed by atoms with Crippen LogP contribution >= 0.6 is 23.2 Å². The van der Waals surface area contributed by atoms with Gasteiger partial charge in [0.15, 0.2) is 0 Å². The molecule has 2 atom stereocenters. The maximum atomic E-state index is 6.36. The van der Waals surface area contributed by atoms with Crippen molar-refractivity contribution in [3.05, 3.63) is 34.9 Å². The fourth-order valence-corrected chi connectivity index (χ4v) is 2.22. The van der Waals surface area contributed by atoms with Crippen molar-refractivity contribution in [3.63, 3.8) is 0 Å². The number of benzene rings is 1. The first-order chi connectivity index (χ1) is 7.15. The van der Waals surface area contributed by atoms with Crippen molar-refractivity contribution >= 4 is 23.2 Å². The van der Waals surface area contributed by atoms with Crippen LogP contribution in [-0.2, 0) is 6.42 Å². The van der Waals surface area contributed by atoms with E-state index in [1.165, 1.54) is 12.8 Å². The third kappa shape index (κ3) is 4.04. The molecular weight excluding hydrogens is 227 g/mol. The van der Waals surface area contributed by atoms with E-state index in [2.05, 4.69) is 19.9 Å². The average Bonchev–Trinajstić information content (AvgIpc) is 2.21. The minimum Gasteiger partial charge on any atom is -0.122 e. The van der Waals surface area contributed by atoms with Gasteiger partial charge in [-0.1, -0.05) is 50.1 Å². The van der Waals surface area contributed by atoms with Gasteiger partial charge in [-0.2, -0.15) is 0 Å². The normalized spacial score (nSPS) is 14.9. The molecule has 0 amide bonds. The molecule has 0 aliphatic heterocycles. The molecule has 1 aromatic rings. The quantitative estimate of drug-likeness (QED) is 0.645. The molecule has 15 heavy (non-hydrogen) atoms. The van der Waals surface area contributed by atoms with Crippen LogP contribution in [0, 0.1) is 5.92 Å². The van der Waals surface area contributed by atoms with E-state index in [0.29, 0.717) is 5.92 Å². The van der Waals surface area contributed by atoms with E-state index < -0.39 is 0 Å². The Balaban J connectivity index is 2.58. The maximum absolute atomic E-state index is 6.36. The van der Waals surface area contributed by atoms with Gasteiger partial charge in [0.1, 0.15) is 0 Å². The van der Waals surface area contributed by atoms with Gasteiger partial charge in [-0.15, -0.1) is 11.6 Å². The van der Waals surface area contributed by atoms with Gasteiger partial charge in [0.05, 0.1) is 0 Å². The summed E-state index contributed by atoms with van der Waals surface area (Å²) in [7, 11) is 0. The zero-order valence-corrected chi connectivity index (χ0v) is 10.9. The lowest BCUT2D eigenvalue weighted by Gasteiger charge is -2.17. The summed E-state index contributed by atoms with van der Waals surface area (Å²) in [6.45, 7) is 4.40. The van der Waals surface area contributed by atoms with E-state index in [4.69, 9.17) is 23.2 Å². The summed E-state index contributed by atoms with van der Waals surface area (Å²) < 4.78 is 0. The van der Waals surface area contributed by atoms with E-state index in [9.17, 15) is 0 Å². The zero-order valence-electron chi connectivity index (χ0n) is 9.34. The monoisotopic (exact) mass is 244 g/mol. The fourth-order valence-electron chi connectivity index (χ4n) is 1.71. The van der Waals surface area contributed by atoms with Gasteiger partial charge >= 0.3 is 0 Å². The molecule has 2 unspecified atom stereocenters. The van der Waals surface area contributed by atoms with Crippen LogP contribution in [0.1, 0.15) is 32.3 Å². The minimum absolute atomic E-state index is 0.185. The molecule has 0 N–H and O–H groups in total. The van der Waals surface area contributed by atoms with Crippen molar-refractivity contribution in [2.24, 2.45) is 5.92 Å². The van der Waals surface area contributed by atoms with Crippen molar-refractivity contribution in [1.82, 2.24) is 0 Å². The lowest BCUT2D eigenvalue weighted by Crippen LogP contribution is -2.14. The molecule has 0 aliphatic carbocycles. The molecule has 0 bridgehead atoms. The van der Waals surface area contributed by atoms with E-state index >= 15 is 0 Å². The Labute approximate surface area is 103 Å². The summed E-state index contributed by atoms with van der Waals surface area (Å²) in [5.41, 5.74) is 1.15. The van der Waals surface area contributed by atoms with Crippen LogP contribution in [0.25, 0.3) is 0 Å². The zero-order chi connectivity index (χ0) is 11.3. The summed E-state index contributed by atoms with van der Waals surface area (Å²) in [6.07, 6.45) is 3.23. The van der Waals surface area contributed by atoms with Crippen LogP contribution in [0.2, 0.25) is 5.02 Å². The number of halogens is 2. The van der Waals surface area contributed by atoms with E-state index in [1.54, 1.807) is 0 Å². The third-order valence-electron chi connectivity index (χ3n) is 2.73. The van der Waals surface area contributed by atoms with Crippen LogP contribution in [-0.4, -0.2) is 5.38 Å². The van der Waals surface area contributed by atoms with Crippen molar-refractivity contribution in [1.29, 1.82) is 0 Å². The summed E-state index contributed by atoms with van der Waals surface area (Å²) in [5.74, 6) is 0.549. The SMILES string of the molecule is CCCC(C)C(Cl)Cc1ccccc1Cl. The predicted octanol–water partition coefficient (Wildman–Crippen LogP) is 4.93. The molecule has 0 heterocycles. The molecule has 0 aliphatic rings. The second-order valence-corrected chi connectivity index (χ2v) is 5.05. The highest BCUT2D eigenvalue weighted by Gasteiger charge is 2.15. The van der Waals surface area contributed by atoms with E-state index in [0.717, 1.165) is 17.0 Å². The predicted molar refractivity (Wildman–Crippen MR) is 68.9 cm³/mol. The summed E-state index contributed by atoms with van der Waals surface area (Å²) in [6, 6.07) is 7.93. The van der Waals surface area contributed by atoms with Crippen molar-refractivity contribution in [2.75, 3.05) is 0 Å². The molecule has 2 heteroatoms. The van der Waals surface area contributed by atoms with Gasteiger partial charge in [0.25, 0.3) is 0 Å². The topological polar surface area (TPSA) is 0 Å². The molecule has 1 rings (SSSR count). The van der Waals surface area contributed by atoms with Crippen LogP contribution in [0.4, 0.5) is 0 Å². The first-order valence-corrected chi connectivity index (χ1v) is 6.34. The molecule has 84 valence electrons. The number of rotatable bonds is 5. The number of hydrogen-bond acceptors (Lipinski definition) is 0. The molecule has 0 fully saturated rings. The molecule has 1 aromatic carbocycles. The Hall–Kier alpha value is -0.200. The van der Waals surface area contributed by atoms with Crippen molar-refractivity contribution in [2.45, 2.75) is 38.5 Å². The standard InChI is InChI=1S/C13H18Cl2/c1-3-6-10(2)13(15)9-11-7-4-5-8-12(11)14/h4-5,7-8,10,13H,3,6,9H2,1-2H3. The molecule has 0 aromatic heterocycles. The molecule has 0 saturated carbocycles. The smallest absolute Gasteiger partial charge is 0.0438 e. The maximum Gasteiger partial charge on any atom is 0.0438 e. The second kappa shape index (κ2) is 6.40. The highest BCUT2D eigenvalue weighted by Crippen LogP contribution is 2.24. The Morgan fingerprint density at radius 3 is 2.53 bits per heavy atom. The first kappa shape index (κ1) is 12.9. The minimum atomic E-state index is 0.185. The van der Waals surface area contributed by atoms with Gasteiger partial charge in [0, 0.05) is 10.4 Å². The Morgan fingerprint density at radius 1 is 1.27 bits per heavy atom. The molecular formula is C13H18Cl2. The molecule has 0 saturated heterocycles. The molecule has 0 nitrogen and oxygen atoms in total. The van der Waals surface area contributed by atoms with Crippen LogP contribution in [0.3, 0.4) is 0 Å². The van der Waals surface area contributed by atoms with Gasteiger partial charge in [-0.3, -0.25) is 0 Å².